The molecule has 2 aliphatic rings. The zero-order chi connectivity index (χ0) is 13.2. The lowest BCUT2D eigenvalue weighted by Crippen LogP contribution is -2.26. The van der Waals surface area contributed by atoms with E-state index in [4.69, 9.17) is 4.74 Å². The van der Waals surface area contributed by atoms with Crippen LogP contribution in [0, 0.1) is 5.92 Å². The van der Waals surface area contributed by atoms with Gasteiger partial charge in [-0.2, -0.15) is 0 Å². The normalized spacial score (nSPS) is 26.3. The van der Waals surface area contributed by atoms with Crippen molar-refractivity contribution in [3.05, 3.63) is 29.3 Å². The van der Waals surface area contributed by atoms with Gasteiger partial charge in [0.05, 0.1) is 12.5 Å². The summed E-state index contributed by atoms with van der Waals surface area (Å²) in [6.07, 6.45) is 6.03. The number of fused-ring (bicyclic) bond motifs is 1. The van der Waals surface area contributed by atoms with Gasteiger partial charge in [-0.3, -0.25) is 4.79 Å². The molecule has 3 rings (SSSR count). The molecule has 1 aliphatic heterocycles. The highest BCUT2D eigenvalue weighted by Gasteiger charge is 2.34. The van der Waals surface area contributed by atoms with Crippen molar-refractivity contribution < 1.29 is 14.6 Å². The third-order valence-electron chi connectivity index (χ3n) is 4.45. The number of carboxylic acid groups (broad SMARTS) is 1. The summed E-state index contributed by atoms with van der Waals surface area (Å²) < 4.78 is 5.84. The minimum Gasteiger partial charge on any atom is -0.493 e. The lowest BCUT2D eigenvalue weighted by Gasteiger charge is -2.31. The van der Waals surface area contributed by atoms with Crippen molar-refractivity contribution in [2.24, 2.45) is 5.92 Å². The van der Waals surface area contributed by atoms with Crippen LogP contribution in [0.15, 0.2) is 18.2 Å². The van der Waals surface area contributed by atoms with E-state index in [9.17, 15) is 9.90 Å². The predicted molar refractivity (Wildman–Crippen MR) is 72.6 cm³/mol. The molecule has 0 bridgehead atoms. The summed E-state index contributed by atoms with van der Waals surface area (Å²) in [5.41, 5.74) is 2.38. The summed E-state index contributed by atoms with van der Waals surface area (Å²) in [4.78, 5) is 11.5. The Morgan fingerprint density at radius 1 is 1.21 bits per heavy atom. The number of ether oxygens (including phenoxy) is 1. The van der Waals surface area contributed by atoms with Crippen molar-refractivity contribution in [2.75, 3.05) is 6.61 Å². The molecule has 102 valence electrons. The molecular weight excluding hydrogens is 240 g/mol. The third-order valence-corrected chi connectivity index (χ3v) is 4.45. The van der Waals surface area contributed by atoms with E-state index in [1.165, 1.54) is 5.56 Å². The van der Waals surface area contributed by atoms with Gasteiger partial charge in [-0.1, -0.05) is 31.0 Å². The Hall–Kier alpha value is -1.51. The second-order valence-electron chi connectivity index (χ2n) is 5.62. The van der Waals surface area contributed by atoms with Gasteiger partial charge >= 0.3 is 5.97 Å². The van der Waals surface area contributed by atoms with E-state index in [1.54, 1.807) is 0 Å². The summed E-state index contributed by atoms with van der Waals surface area (Å²) in [5.74, 6) is 0.204. The van der Waals surface area contributed by atoms with E-state index < -0.39 is 5.97 Å². The van der Waals surface area contributed by atoms with Crippen molar-refractivity contribution >= 4 is 5.97 Å². The Morgan fingerprint density at radius 3 is 2.89 bits per heavy atom. The largest absolute Gasteiger partial charge is 0.493 e. The number of rotatable bonds is 2. The van der Waals surface area contributed by atoms with Crippen LogP contribution in [0.2, 0.25) is 0 Å². The molecule has 1 heterocycles. The summed E-state index contributed by atoms with van der Waals surface area (Å²) in [6, 6.07) is 6.23. The fraction of sp³-hybridized carbons (Fsp3) is 0.562. The minimum absolute atomic E-state index is 0.124. The van der Waals surface area contributed by atoms with Crippen molar-refractivity contribution in [1.29, 1.82) is 0 Å². The highest BCUT2D eigenvalue weighted by atomic mass is 16.5. The fourth-order valence-corrected chi connectivity index (χ4v) is 3.51. The quantitative estimate of drug-likeness (QED) is 0.886. The van der Waals surface area contributed by atoms with Crippen LogP contribution in [-0.2, 0) is 11.2 Å². The van der Waals surface area contributed by atoms with Gasteiger partial charge in [0.15, 0.2) is 0 Å². The molecule has 3 heteroatoms. The van der Waals surface area contributed by atoms with Crippen molar-refractivity contribution in [2.45, 2.75) is 44.4 Å². The van der Waals surface area contributed by atoms with Crippen molar-refractivity contribution in [1.82, 2.24) is 0 Å². The summed E-state index contributed by atoms with van der Waals surface area (Å²) in [5, 5.41) is 9.43. The first-order valence-electron chi connectivity index (χ1n) is 7.25. The van der Waals surface area contributed by atoms with Gasteiger partial charge in [0.25, 0.3) is 0 Å². The number of hydrogen-bond acceptors (Lipinski definition) is 2. The molecule has 2 unspecified atom stereocenters. The van der Waals surface area contributed by atoms with Crippen LogP contribution in [0.25, 0.3) is 0 Å². The number of hydrogen-bond donors (Lipinski definition) is 1. The number of carboxylic acids is 1. The van der Waals surface area contributed by atoms with Crippen LogP contribution in [-0.4, -0.2) is 17.7 Å². The van der Waals surface area contributed by atoms with Crippen molar-refractivity contribution in [3.63, 3.8) is 0 Å². The summed E-state index contributed by atoms with van der Waals surface area (Å²) in [6.45, 7) is 0.758. The molecule has 1 fully saturated rings. The number of benzene rings is 1. The molecule has 3 nitrogen and oxygen atoms in total. The Kier molecular flexibility index (Phi) is 3.45. The first kappa shape index (κ1) is 12.5. The fourth-order valence-electron chi connectivity index (χ4n) is 3.51. The molecule has 0 radical (unpaired) electrons. The molecule has 19 heavy (non-hydrogen) atoms. The van der Waals surface area contributed by atoms with Crippen LogP contribution >= 0.6 is 0 Å². The van der Waals surface area contributed by atoms with E-state index in [0.29, 0.717) is 0 Å². The van der Waals surface area contributed by atoms with Crippen LogP contribution in [0.4, 0.5) is 0 Å². The second-order valence-corrected chi connectivity index (χ2v) is 5.62. The van der Waals surface area contributed by atoms with Gasteiger partial charge in [-0.05, 0) is 36.8 Å². The number of aryl methyl sites for hydroxylation is 1. The first-order valence-corrected chi connectivity index (χ1v) is 7.25. The average molecular weight is 260 g/mol. The minimum atomic E-state index is -0.655. The van der Waals surface area contributed by atoms with E-state index in [0.717, 1.165) is 56.4 Å². The maximum absolute atomic E-state index is 11.5. The van der Waals surface area contributed by atoms with E-state index >= 15 is 0 Å². The average Bonchev–Trinajstić information content (AvgIpc) is 2.46. The number of aliphatic carboxylic acids is 1. The van der Waals surface area contributed by atoms with E-state index in [2.05, 4.69) is 18.2 Å². The molecule has 1 aromatic rings. The number of para-hydroxylation sites is 1. The van der Waals surface area contributed by atoms with Crippen molar-refractivity contribution in [3.8, 4) is 5.75 Å². The first-order chi connectivity index (χ1) is 9.27. The van der Waals surface area contributed by atoms with Crippen LogP contribution < -0.4 is 4.74 Å². The molecule has 1 aromatic carbocycles. The third kappa shape index (κ3) is 2.34. The van der Waals surface area contributed by atoms with Gasteiger partial charge in [0.2, 0.25) is 0 Å². The molecule has 1 aliphatic carbocycles. The zero-order valence-corrected chi connectivity index (χ0v) is 11.1. The van der Waals surface area contributed by atoms with Crippen LogP contribution in [0.1, 0.15) is 49.1 Å². The Morgan fingerprint density at radius 2 is 2.05 bits per heavy atom. The molecule has 0 amide bonds. The molecular formula is C16H20O3. The Bertz CT molecular complexity index is 481. The van der Waals surface area contributed by atoms with E-state index in [-0.39, 0.29) is 11.8 Å². The van der Waals surface area contributed by atoms with Gasteiger partial charge in [0.1, 0.15) is 5.75 Å². The molecule has 0 spiro atoms. The molecule has 1 saturated carbocycles. The molecule has 0 saturated heterocycles. The monoisotopic (exact) mass is 260 g/mol. The highest BCUT2D eigenvalue weighted by Crippen LogP contribution is 2.43. The molecule has 0 aromatic heterocycles. The zero-order valence-electron chi connectivity index (χ0n) is 11.1. The van der Waals surface area contributed by atoms with Crippen LogP contribution in [0.3, 0.4) is 0 Å². The maximum atomic E-state index is 11.5. The SMILES string of the molecule is O=C(O)C1CCCCC1c1cccc2c1OCCC2. The lowest BCUT2D eigenvalue weighted by molar-refractivity contribution is -0.143. The van der Waals surface area contributed by atoms with Gasteiger partial charge < -0.3 is 9.84 Å². The van der Waals surface area contributed by atoms with E-state index in [1.807, 2.05) is 0 Å². The Labute approximate surface area is 113 Å². The lowest BCUT2D eigenvalue weighted by atomic mass is 9.74. The Balaban J connectivity index is 1.98. The predicted octanol–water partition coefficient (Wildman–Crippen LogP) is 3.37. The highest BCUT2D eigenvalue weighted by molar-refractivity contribution is 5.72. The standard InChI is InChI=1S/C16H20O3/c17-16(18)14-8-2-1-7-12(14)13-9-3-5-11-6-4-10-19-15(11)13/h3,5,9,12,14H,1-2,4,6-8,10H2,(H,17,18). The maximum Gasteiger partial charge on any atom is 0.307 e. The summed E-state index contributed by atoms with van der Waals surface area (Å²) >= 11 is 0. The van der Waals surface area contributed by atoms with Crippen LogP contribution in [0.5, 0.6) is 5.75 Å². The molecule has 1 N–H and O–H groups in total. The molecule has 2 atom stereocenters. The summed E-state index contributed by atoms with van der Waals surface area (Å²) in [7, 11) is 0. The smallest absolute Gasteiger partial charge is 0.307 e. The van der Waals surface area contributed by atoms with Gasteiger partial charge in [0, 0.05) is 5.92 Å². The van der Waals surface area contributed by atoms with Gasteiger partial charge in [-0.15, -0.1) is 0 Å². The second kappa shape index (κ2) is 5.24. The van der Waals surface area contributed by atoms with Gasteiger partial charge in [-0.25, -0.2) is 0 Å². The topological polar surface area (TPSA) is 46.5 Å². The number of carbonyl (C=O) groups is 1.